The first kappa shape index (κ1) is 23.5. The number of hydrogen-bond acceptors (Lipinski definition) is 4. The van der Waals surface area contributed by atoms with Crippen LogP contribution in [-0.4, -0.2) is 17.4 Å². The lowest BCUT2D eigenvalue weighted by Gasteiger charge is -2.26. The van der Waals surface area contributed by atoms with Crippen LogP contribution < -0.4 is 10.2 Å². The van der Waals surface area contributed by atoms with Crippen LogP contribution in [-0.2, 0) is 6.54 Å². The number of benzene rings is 3. The number of carbonyl (C=O) groups excluding carboxylic acids is 1. The maximum absolute atomic E-state index is 13.7. The van der Waals surface area contributed by atoms with Gasteiger partial charge in [0.1, 0.15) is 11.3 Å². The Hall–Kier alpha value is -3.28. The molecule has 0 radical (unpaired) electrons. The number of carbonyl (C=O) groups is 1. The van der Waals surface area contributed by atoms with Crippen molar-refractivity contribution in [3.05, 3.63) is 109 Å². The van der Waals surface area contributed by atoms with Gasteiger partial charge in [0.25, 0.3) is 5.91 Å². The molecule has 1 atom stereocenters. The van der Waals surface area contributed by atoms with Gasteiger partial charge in [-0.1, -0.05) is 66.9 Å². The topological polar surface area (TPSA) is 59.8 Å². The Morgan fingerprint density at radius 3 is 2.63 bits per heavy atom. The van der Waals surface area contributed by atoms with Gasteiger partial charge in [-0.2, -0.15) is 0 Å². The van der Waals surface area contributed by atoms with Crippen molar-refractivity contribution in [1.29, 1.82) is 0 Å². The van der Waals surface area contributed by atoms with Gasteiger partial charge >= 0.3 is 0 Å². The Balaban J connectivity index is 1.67. The van der Waals surface area contributed by atoms with E-state index in [9.17, 15) is 9.59 Å². The molecule has 1 aliphatic rings. The van der Waals surface area contributed by atoms with Crippen molar-refractivity contribution in [2.45, 2.75) is 32.4 Å². The van der Waals surface area contributed by atoms with Crippen LogP contribution in [0.4, 0.5) is 0 Å². The maximum atomic E-state index is 13.7. The molecule has 35 heavy (non-hydrogen) atoms. The van der Waals surface area contributed by atoms with Crippen LogP contribution in [0, 0.1) is 0 Å². The summed E-state index contributed by atoms with van der Waals surface area (Å²) >= 11 is 12.6. The lowest BCUT2D eigenvalue weighted by Crippen LogP contribution is -2.29. The molecule has 0 aliphatic carbocycles. The van der Waals surface area contributed by atoms with Crippen LogP contribution in [0.5, 0.6) is 5.75 Å². The molecule has 1 aliphatic heterocycles. The van der Waals surface area contributed by atoms with Crippen molar-refractivity contribution in [3.8, 4) is 5.75 Å². The minimum atomic E-state index is -0.664. The molecule has 2 heterocycles. The Kier molecular flexibility index (Phi) is 6.54. The Bertz CT molecular complexity index is 1480. The van der Waals surface area contributed by atoms with E-state index in [1.807, 2.05) is 42.5 Å². The monoisotopic (exact) mass is 507 g/mol. The van der Waals surface area contributed by atoms with Gasteiger partial charge in [-0.25, -0.2) is 0 Å². The Labute approximate surface area is 212 Å². The lowest BCUT2D eigenvalue weighted by atomic mass is 9.98. The molecule has 178 valence electrons. The molecule has 5 rings (SSSR count). The predicted octanol–water partition coefficient (Wildman–Crippen LogP) is 7.02. The standard InChI is InChI=1S/C28H23Cl2NO4/c1-2-3-13-34-20-9-6-8-17(14-20)25-24-26(32)21-15-19(29)11-12-23(21)35-27(24)28(33)31(25)16-18-7-4-5-10-22(18)30/h4-12,14-15,25H,2-3,13,16H2,1H3. The van der Waals surface area contributed by atoms with Crippen molar-refractivity contribution in [3.63, 3.8) is 0 Å². The summed E-state index contributed by atoms with van der Waals surface area (Å²) in [5, 5.41) is 1.30. The van der Waals surface area contributed by atoms with Gasteiger partial charge < -0.3 is 14.1 Å². The Morgan fingerprint density at radius 2 is 1.83 bits per heavy atom. The van der Waals surface area contributed by atoms with Gasteiger partial charge in [-0.05, 0) is 53.9 Å². The number of fused-ring (bicyclic) bond motifs is 2. The van der Waals surface area contributed by atoms with E-state index < -0.39 is 6.04 Å². The van der Waals surface area contributed by atoms with Crippen LogP contribution >= 0.6 is 23.2 Å². The summed E-state index contributed by atoms with van der Waals surface area (Å²) in [5.74, 6) is 0.359. The average Bonchev–Trinajstić information content (AvgIpc) is 3.13. The van der Waals surface area contributed by atoms with Gasteiger partial charge in [0, 0.05) is 16.6 Å². The first-order chi connectivity index (χ1) is 17.0. The van der Waals surface area contributed by atoms with Crippen LogP contribution in [0.2, 0.25) is 10.0 Å². The molecule has 4 aromatic rings. The van der Waals surface area contributed by atoms with E-state index in [1.54, 1.807) is 29.2 Å². The lowest BCUT2D eigenvalue weighted by molar-refractivity contribution is 0.0714. The number of amides is 1. The van der Waals surface area contributed by atoms with E-state index in [4.69, 9.17) is 32.4 Å². The van der Waals surface area contributed by atoms with Gasteiger partial charge in [0.2, 0.25) is 5.76 Å². The van der Waals surface area contributed by atoms with Crippen molar-refractivity contribution >= 4 is 40.1 Å². The summed E-state index contributed by atoms with van der Waals surface area (Å²) in [4.78, 5) is 29.0. The van der Waals surface area contributed by atoms with E-state index in [0.717, 1.165) is 24.0 Å². The molecule has 0 saturated carbocycles. The summed E-state index contributed by atoms with van der Waals surface area (Å²) < 4.78 is 11.9. The SMILES string of the molecule is CCCCOc1cccc(C2c3c(oc4ccc(Cl)cc4c3=O)C(=O)N2Cc2ccccc2Cl)c1. The minimum absolute atomic E-state index is 0.0409. The summed E-state index contributed by atoms with van der Waals surface area (Å²) in [5.41, 5.74) is 1.87. The molecule has 0 N–H and O–H groups in total. The molecule has 7 heteroatoms. The quantitative estimate of drug-likeness (QED) is 0.252. The second-order valence-corrected chi connectivity index (χ2v) is 9.36. The molecule has 5 nitrogen and oxygen atoms in total. The van der Waals surface area contributed by atoms with Crippen LogP contribution in [0.25, 0.3) is 11.0 Å². The van der Waals surface area contributed by atoms with E-state index >= 15 is 0 Å². The van der Waals surface area contributed by atoms with Crippen LogP contribution in [0.15, 0.2) is 75.9 Å². The number of unbranched alkanes of at least 4 members (excludes halogenated alkanes) is 1. The third kappa shape index (κ3) is 4.42. The average molecular weight is 508 g/mol. The molecule has 1 amide bonds. The zero-order chi connectivity index (χ0) is 24.5. The second-order valence-electron chi connectivity index (χ2n) is 8.52. The molecule has 0 bridgehead atoms. The van der Waals surface area contributed by atoms with E-state index in [-0.39, 0.29) is 23.6 Å². The molecular weight excluding hydrogens is 485 g/mol. The zero-order valence-electron chi connectivity index (χ0n) is 19.1. The molecule has 1 aromatic heterocycles. The van der Waals surface area contributed by atoms with Crippen molar-refractivity contribution in [1.82, 2.24) is 4.90 Å². The van der Waals surface area contributed by atoms with Gasteiger partial charge in [-0.15, -0.1) is 0 Å². The van der Waals surface area contributed by atoms with Gasteiger partial charge in [-0.3, -0.25) is 9.59 Å². The number of rotatable bonds is 7. The van der Waals surface area contributed by atoms with Crippen LogP contribution in [0.1, 0.15) is 53.1 Å². The summed E-state index contributed by atoms with van der Waals surface area (Å²) in [6.45, 7) is 2.91. The summed E-state index contributed by atoms with van der Waals surface area (Å²) in [6, 6.07) is 19.0. The van der Waals surface area contributed by atoms with E-state index in [2.05, 4.69) is 6.92 Å². The van der Waals surface area contributed by atoms with Gasteiger partial charge in [0.05, 0.1) is 23.6 Å². The predicted molar refractivity (Wildman–Crippen MR) is 138 cm³/mol. The number of nitrogens with zero attached hydrogens (tertiary/aromatic N) is 1. The first-order valence-electron chi connectivity index (χ1n) is 11.5. The van der Waals surface area contributed by atoms with Crippen molar-refractivity contribution in [2.24, 2.45) is 0 Å². The summed E-state index contributed by atoms with van der Waals surface area (Å²) in [6.07, 6.45) is 1.95. The van der Waals surface area contributed by atoms with Crippen molar-refractivity contribution in [2.75, 3.05) is 6.61 Å². The minimum Gasteiger partial charge on any atom is -0.494 e. The number of ether oxygens (including phenoxy) is 1. The highest BCUT2D eigenvalue weighted by atomic mass is 35.5. The third-order valence-corrected chi connectivity index (χ3v) is 6.77. The third-order valence-electron chi connectivity index (χ3n) is 6.17. The second kappa shape index (κ2) is 9.76. The highest BCUT2D eigenvalue weighted by molar-refractivity contribution is 6.31. The smallest absolute Gasteiger partial charge is 0.291 e. The fraction of sp³-hybridized carbons (Fsp3) is 0.214. The van der Waals surface area contributed by atoms with Crippen molar-refractivity contribution < 1.29 is 13.9 Å². The molecular formula is C28H23Cl2NO4. The maximum Gasteiger partial charge on any atom is 0.291 e. The summed E-state index contributed by atoms with van der Waals surface area (Å²) in [7, 11) is 0. The first-order valence-corrected chi connectivity index (χ1v) is 12.3. The largest absolute Gasteiger partial charge is 0.494 e. The molecule has 0 fully saturated rings. The zero-order valence-corrected chi connectivity index (χ0v) is 20.6. The molecule has 1 unspecified atom stereocenters. The fourth-order valence-electron chi connectivity index (χ4n) is 4.42. The highest BCUT2D eigenvalue weighted by Gasteiger charge is 2.43. The normalized spacial score (nSPS) is 15.0. The highest BCUT2D eigenvalue weighted by Crippen LogP contribution is 2.40. The van der Waals surface area contributed by atoms with E-state index in [1.165, 1.54) is 0 Å². The number of halogens is 2. The number of hydrogen-bond donors (Lipinski definition) is 0. The molecule has 0 spiro atoms. The molecule has 3 aromatic carbocycles. The molecule has 0 saturated heterocycles. The van der Waals surface area contributed by atoms with E-state index in [0.29, 0.717) is 38.9 Å². The van der Waals surface area contributed by atoms with Gasteiger partial charge in [0.15, 0.2) is 5.43 Å². The Morgan fingerprint density at radius 1 is 1.00 bits per heavy atom. The fourth-order valence-corrected chi connectivity index (χ4v) is 4.79. The van der Waals surface area contributed by atoms with Crippen LogP contribution in [0.3, 0.4) is 0 Å².